The molecule has 0 aliphatic carbocycles. The Bertz CT molecular complexity index is 597. The molecule has 0 aromatic heterocycles. The highest BCUT2D eigenvalue weighted by atomic mass is 32.2. The molecule has 4 nitrogen and oxygen atoms in total. The smallest absolute Gasteiger partial charge is 0.179 e. The number of nitrogens with zero attached hydrogens (tertiary/aromatic N) is 1. The molecule has 0 spiro atoms. The standard InChI is InChI=1S/C15H24N2O2S2/c1-11(2)12(3)17(4)8-9-21(18,19)14-7-5-6-13(10-14)15(16)20/h5-7,10-12H,8-9H2,1-4H3,(H2,16,20). The van der Waals surface area contributed by atoms with Crippen LogP contribution in [0.2, 0.25) is 0 Å². The lowest BCUT2D eigenvalue weighted by molar-refractivity contribution is 0.219. The summed E-state index contributed by atoms with van der Waals surface area (Å²) >= 11 is 4.89. The summed E-state index contributed by atoms with van der Waals surface area (Å²) < 4.78 is 24.8. The first-order valence-electron chi connectivity index (χ1n) is 6.98. The molecule has 2 N–H and O–H groups in total. The summed E-state index contributed by atoms with van der Waals surface area (Å²) in [6, 6.07) is 6.85. The van der Waals surface area contributed by atoms with Gasteiger partial charge in [-0.2, -0.15) is 0 Å². The average molecular weight is 329 g/mol. The molecule has 6 heteroatoms. The number of sulfone groups is 1. The summed E-state index contributed by atoms with van der Waals surface area (Å²) in [5.74, 6) is 0.567. The molecular weight excluding hydrogens is 304 g/mol. The lowest BCUT2D eigenvalue weighted by Crippen LogP contribution is -2.36. The minimum Gasteiger partial charge on any atom is -0.389 e. The fraction of sp³-hybridized carbons (Fsp3) is 0.533. The highest BCUT2D eigenvalue weighted by Gasteiger charge is 2.19. The molecule has 0 heterocycles. The molecule has 0 aliphatic heterocycles. The van der Waals surface area contributed by atoms with Crippen LogP contribution in [0.4, 0.5) is 0 Å². The van der Waals surface area contributed by atoms with Crippen LogP contribution in [-0.2, 0) is 9.84 Å². The van der Waals surface area contributed by atoms with Crippen molar-refractivity contribution >= 4 is 27.0 Å². The molecule has 118 valence electrons. The Morgan fingerprint density at radius 3 is 2.48 bits per heavy atom. The van der Waals surface area contributed by atoms with Crippen molar-refractivity contribution in [1.29, 1.82) is 0 Å². The second-order valence-corrected chi connectivity index (χ2v) is 8.23. The molecule has 1 aromatic carbocycles. The molecular formula is C15H24N2O2S2. The third kappa shape index (κ3) is 5.05. The molecule has 1 atom stereocenters. The summed E-state index contributed by atoms with van der Waals surface area (Å²) in [4.78, 5) is 2.55. The summed E-state index contributed by atoms with van der Waals surface area (Å²) in [6.07, 6.45) is 0. The van der Waals surface area contributed by atoms with E-state index in [9.17, 15) is 8.42 Å². The number of benzene rings is 1. The summed E-state index contributed by atoms with van der Waals surface area (Å²) in [7, 11) is -1.38. The Morgan fingerprint density at radius 1 is 1.33 bits per heavy atom. The minimum atomic E-state index is -3.33. The first-order valence-corrected chi connectivity index (χ1v) is 9.04. The zero-order valence-corrected chi connectivity index (χ0v) is 14.7. The third-order valence-corrected chi connectivity index (χ3v) is 5.78. The van der Waals surface area contributed by atoms with E-state index in [0.29, 0.717) is 24.1 Å². The van der Waals surface area contributed by atoms with Crippen molar-refractivity contribution in [3.63, 3.8) is 0 Å². The van der Waals surface area contributed by atoms with Crippen molar-refractivity contribution in [1.82, 2.24) is 4.90 Å². The minimum absolute atomic E-state index is 0.0847. The first kappa shape index (κ1) is 18.1. The molecule has 21 heavy (non-hydrogen) atoms. The van der Waals surface area contributed by atoms with E-state index in [0.717, 1.165) is 0 Å². The van der Waals surface area contributed by atoms with E-state index >= 15 is 0 Å². The van der Waals surface area contributed by atoms with Crippen LogP contribution < -0.4 is 5.73 Å². The maximum atomic E-state index is 12.4. The van der Waals surface area contributed by atoms with Crippen molar-refractivity contribution in [2.75, 3.05) is 19.3 Å². The zero-order chi connectivity index (χ0) is 16.2. The fourth-order valence-corrected chi connectivity index (χ4v) is 3.42. The van der Waals surface area contributed by atoms with E-state index in [4.69, 9.17) is 18.0 Å². The molecule has 0 saturated heterocycles. The normalized spacial score (nSPS) is 13.6. The van der Waals surface area contributed by atoms with E-state index in [2.05, 4.69) is 25.7 Å². The van der Waals surface area contributed by atoms with Gasteiger partial charge in [-0.25, -0.2) is 8.42 Å². The Hall–Kier alpha value is -0.980. The SMILES string of the molecule is CC(C)C(C)N(C)CCS(=O)(=O)c1cccc(C(N)=S)c1. The van der Waals surface area contributed by atoms with E-state index in [1.165, 1.54) is 0 Å². The number of rotatable bonds is 7. The van der Waals surface area contributed by atoms with Crippen LogP contribution >= 0.6 is 12.2 Å². The number of hydrogen-bond acceptors (Lipinski definition) is 4. The highest BCUT2D eigenvalue weighted by Crippen LogP contribution is 2.15. The van der Waals surface area contributed by atoms with Crippen molar-refractivity contribution in [2.45, 2.75) is 31.7 Å². The Labute approximate surface area is 133 Å². The van der Waals surface area contributed by atoms with Crippen molar-refractivity contribution in [3.8, 4) is 0 Å². The predicted molar refractivity (Wildman–Crippen MR) is 91.3 cm³/mol. The maximum Gasteiger partial charge on any atom is 0.179 e. The molecule has 0 amide bonds. The molecule has 0 aliphatic rings. The fourth-order valence-electron chi connectivity index (χ4n) is 1.94. The molecule has 1 unspecified atom stereocenters. The lowest BCUT2D eigenvalue weighted by atomic mass is 10.1. The Balaban J connectivity index is 2.83. The van der Waals surface area contributed by atoms with Gasteiger partial charge in [0, 0.05) is 18.2 Å². The third-order valence-electron chi connectivity index (χ3n) is 3.85. The van der Waals surface area contributed by atoms with Gasteiger partial charge in [0.15, 0.2) is 9.84 Å². The quantitative estimate of drug-likeness (QED) is 0.776. The predicted octanol–water partition coefficient (Wildman–Crippen LogP) is 2.07. The van der Waals surface area contributed by atoms with Gasteiger partial charge in [-0.05, 0) is 32.0 Å². The summed E-state index contributed by atoms with van der Waals surface area (Å²) in [5, 5.41) is 0. The average Bonchev–Trinajstić information content (AvgIpc) is 2.44. The summed E-state index contributed by atoms with van der Waals surface area (Å²) in [5.41, 5.74) is 6.13. The van der Waals surface area contributed by atoms with E-state index in [-0.39, 0.29) is 15.6 Å². The van der Waals surface area contributed by atoms with Crippen LogP contribution in [0.15, 0.2) is 29.2 Å². The van der Waals surface area contributed by atoms with Gasteiger partial charge >= 0.3 is 0 Å². The van der Waals surface area contributed by atoms with Crippen LogP contribution in [0.1, 0.15) is 26.3 Å². The zero-order valence-electron chi connectivity index (χ0n) is 13.0. The van der Waals surface area contributed by atoms with Gasteiger partial charge in [-0.1, -0.05) is 38.2 Å². The second-order valence-electron chi connectivity index (χ2n) is 5.68. The first-order chi connectivity index (χ1) is 9.65. The van der Waals surface area contributed by atoms with Crippen molar-refractivity contribution in [3.05, 3.63) is 29.8 Å². The molecule has 1 rings (SSSR count). The topological polar surface area (TPSA) is 63.4 Å². The van der Waals surface area contributed by atoms with Gasteiger partial charge in [-0.15, -0.1) is 0 Å². The summed E-state index contributed by atoms with van der Waals surface area (Å²) in [6.45, 7) is 6.85. The molecule has 0 saturated carbocycles. The largest absolute Gasteiger partial charge is 0.389 e. The van der Waals surface area contributed by atoms with Gasteiger partial charge < -0.3 is 10.6 Å². The Kier molecular flexibility index (Phi) is 6.31. The van der Waals surface area contributed by atoms with Crippen molar-refractivity contribution in [2.24, 2.45) is 11.7 Å². The van der Waals surface area contributed by atoms with Crippen molar-refractivity contribution < 1.29 is 8.42 Å². The van der Waals surface area contributed by atoms with Crippen LogP contribution in [-0.4, -0.2) is 43.7 Å². The monoisotopic (exact) mass is 328 g/mol. The molecule has 0 radical (unpaired) electrons. The van der Waals surface area contributed by atoms with Crippen LogP contribution in [0.25, 0.3) is 0 Å². The highest BCUT2D eigenvalue weighted by molar-refractivity contribution is 7.91. The number of nitrogens with two attached hydrogens (primary N) is 1. The lowest BCUT2D eigenvalue weighted by Gasteiger charge is -2.27. The van der Waals surface area contributed by atoms with E-state index < -0.39 is 9.84 Å². The van der Waals surface area contributed by atoms with Crippen LogP contribution in [0.3, 0.4) is 0 Å². The number of hydrogen-bond donors (Lipinski definition) is 1. The van der Waals surface area contributed by atoms with Crippen LogP contribution in [0, 0.1) is 5.92 Å². The maximum absolute atomic E-state index is 12.4. The van der Waals surface area contributed by atoms with Gasteiger partial charge in [0.2, 0.25) is 0 Å². The van der Waals surface area contributed by atoms with Gasteiger partial charge in [-0.3, -0.25) is 0 Å². The van der Waals surface area contributed by atoms with Gasteiger partial charge in [0.1, 0.15) is 4.99 Å². The molecule has 0 bridgehead atoms. The molecule has 1 aromatic rings. The Morgan fingerprint density at radius 2 is 1.95 bits per heavy atom. The molecule has 0 fully saturated rings. The number of thiocarbonyl (C=S) groups is 1. The van der Waals surface area contributed by atoms with E-state index in [1.807, 2.05) is 7.05 Å². The van der Waals surface area contributed by atoms with Crippen LogP contribution in [0.5, 0.6) is 0 Å². The van der Waals surface area contributed by atoms with Gasteiger partial charge in [0.05, 0.1) is 10.6 Å². The second kappa shape index (κ2) is 7.33. The van der Waals surface area contributed by atoms with E-state index in [1.54, 1.807) is 24.3 Å². The van der Waals surface area contributed by atoms with Gasteiger partial charge in [0.25, 0.3) is 0 Å².